The van der Waals surface area contributed by atoms with Crippen molar-refractivity contribution in [3.63, 3.8) is 0 Å². The summed E-state index contributed by atoms with van der Waals surface area (Å²) in [6.07, 6.45) is -0.565. The van der Waals surface area contributed by atoms with E-state index >= 15 is 0 Å². The minimum absolute atomic E-state index is 0.142. The van der Waals surface area contributed by atoms with E-state index in [0.29, 0.717) is 15.8 Å². The van der Waals surface area contributed by atoms with Gasteiger partial charge in [0.05, 0.1) is 24.5 Å². The highest BCUT2D eigenvalue weighted by atomic mass is 35.5. The third kappa shape index (κ3) is 2.24. The van der Waals surface area contributed by atoms with E-state index in [0.717, 1.165) is 12.0 Å². The number of methoxy groups -OCH3 is 1. The molecule has 24 heavy (non-hydrogen) atoms. The molecule has 0 aromatic heterocycles. The molecule has 1 unspecified atom stereocenters. The summed E-state index contributed by atoms with van der Waals surface area (Å²) in [5.41, 5.74) is -1.47. The van der Waals surface area contributed by atoms with Gasteiger partial charge in [0.1, 0.15) is 0 Å². The Morgan fingerprint density at radius 2 is 1.96 bits per heavy atom. The number of nitrogens with zero attached hydrogens (tertiary/aromatic N) is 4. The molecular weight excluding hydrogens is 340 g/mol. The molecule has 1 saturated heterocycles. The number of carbonyl (C=O) groups is 3. The Hall–Kier alpha value is -2.81. The van der Waals surface area contributed by atoms with Gasteiger partial charge < -0.3 is 4.74 Å². The number of anilines is 1. The number of nitroso groups, excluding NO2 is 1. The molecule has 3 rings (SSSR count). The minimum Gasteiger partial charge on any atom is -0.464 e. The molecule has 2 heterocycles. The third-order valence-electron chi connectivity index (χ3n) is 3.94. The number of carbonyl (C=O) groups excluding carboxylic acids is 3. The summed E-state index contributed by atoms with van der Waals surface area (Å²) in [4.78, 5) is 48.9. The molecule has 2 aliphatic heterocycles. The van der Waals surface area contributed by atoms with E-state index in [4.69, 9.17) is 11.6 Å². The monoisotopic (exact) mass is 350 g/mol. The normalized spacial score (nSPS) is 23.0. The molecule has 124 valence electrons. The number of rotatable bonds is 3. The van der Waals surface area contributed by atoms with Crippen LogP contribution in [0.4, 0.5) is 5.69 Å². The van der Waals surface area contributed by atoms with Gasteiger partial charge in [-0.25, -0.2) is 9.69 Å². The van der Waals surface area contributed by atoms with Crippen molar-refractivity contribution in [2.45, 2.75) is 18.4 Å². The average molecular weight is 351 g/mol. The summed E-state index contributed by atoms with van der Waals surface area (Å²) < 4.78 is 4.55. The summed E-state index contributed by atoms with van der Waals surface area (Å²) in [6, 6.07) is 6.08. The largest absolute Gasteiger partial charge is 0.464 e. The zero-order chi connectivity index (χ0) is 17.5. The van der Waals surface area contributed by atoms with Crippen LogP contribution in [0.1, 0.15) is 12.8 Å². The Labute approximate surface area is 140 Å². The molecular formula is C14H11ClN4O5. The van der Waals surface area contributed by atoms with Crippen LogP contribution in [0.15, 0.2) is 34.7 Å². The lowest BCUT2D eigenvalue weighted by atomic mass is 9.92. The predicted octanol–water partition coefficient (Wildman–Crippen LogP) is 1.26. The van der Waals surface area contributed by atoms with E-state index in [1.165, 1.54) is 24.3 Å². The van der Waals surface area contributed by atoms with Crippen molar-refractivity contribution in [3.05, 3.63) is 34.2 Å². The Balaban J connectivity index is 1.97. The molecule has 0 saturated carbocycles. The van der Waals surface area contributed by atoms with Gasteiger partial charge in [-0.05, 0) is 24.3 Å². The summed E-state index contributed by atoms with van der Waals surface area (Å²) in [7, 11) is 1.15. The Bertz CT molecular complexity index is 778. The predicted molar refractivity (Wildman–Crippen MR) is 83.0 cm³/mol. The van der Waals surface area contributed by atoms with Crippen LogP contribution in [0.3, 0.4) is 0 Å². The van der Waals surface area contributed by atoms with Crippen molar-refractivity contribution < 1.29 is 19.1 Å². The summed E-state index contributed by atoms with van der Waals surface area (Å²) in [6.45, 7) is 0. The fraction of sp³-hybridized carbons (Fsp3) is 0.286. The fourth-order valence-corrected chi connectivity index (χ4v) is 2.92. The van der Waals surface area contributed by atoms with Crippen LogP contribution in [-0.2, 0) is 19.1 Å². The number of hydrogen-bond acceptors (Lipinski definition) is 7. The van der Waals surface area contributed by atoms with Crippen LogP contribution < -0.4 is 4.90 Å². The van der Waals surface area contributed by atoms with Crippen LogP contribution >= 0.6 is 11.6 Å². The second-order valence-electron chi connectivity index (χ2n) is 5.31. The van der Waals surface area contributed by atoms with Gasteiger partial charge >= 0.3 is 5.97 Å². The van der Waals surface area contributed by atoms with Gasteiger partial charge in [0.2, 0.25) is 5.91 Å². The highest BCUT2D eigenvalue weighted by Crippen LogP contribution is 2.40. The standard InChI is InChI=1S/C14H11ClN4O5/c1-24-12(21)10-6-14(19(16-10)17-23)7-11(20)18(13(14)22)9-4-2-8(15)3-5-9/h2-5H,6-7H2,1H3. The second-order valence-corrected chi connectivity index (χ2v) is 5.74. The van der Waals surface area contributed by atoms with E-state index in [1.807, 2.05) is 0 Å². The molecule has 2 aliphatic rings. The van der Waals surface area contributed by atoms with Crippen LogP contribution in [-0.4, -0.2) is 41.3 Å². The summed E-state index contributed by atoms with van der Waals surface area (Å²) in [5.74, 6) is -2.00. The SMILES string of the molecule is COC(=O)C1=NN(N=O)C2(CC(=O)N(c3ccc(Cl)cc3)C2=O)C1. The zero-order valence-electron chi connectivity index (χ0n) is 12.4. The van der Waals surface area contributed by atoms with Crippen molar-refractivity contribution >= 4 is 40.8 Å². The molecule has 2 amide bonds. The smallest absolute Gasteiger partial charge is 0.354 e. The van der Waals surface area contributed by atoms with Gasteiger partial charge in [0, 0.05) is 11.4 Å². The number of halogens is 1. The van der Waals surface area contributed by atoms with Crippen molar-refractivity contribution in [2.75, 3.05) is 12.0 Å². The number of benzene rings is 1. The lowest BCUT2D eigenvalue weighted by Crippen LogP contribution is -2.48. The van der Waals surface area contributed by atoms with Crippen molar-refractivity contribution in [3.8, 4) is 0 Å². The first kappa shape index (κ1) is 16.1. The van der Waals surface area contributed by atoms with E-state index in [2.05, 4.69) is 15.1 Å². The van der Waals surface area contributed by atoms with Crippen LogP contribution in [0, 0.1) is 4.91 Å². The number of esters is 1. The van der Waals surface area contributed by atoms with Crippen molar-refractivity contribution in [1.82, 2.24) is 5.12 Å². The molecule has 1 fully saturated rings. The molecule has 0 N–H and O–H groups in total. The Morgan fingerprint density at radius 1 is 1.29 bits per heavy atom. The number of amides is 2. The summed E-state index contributed by atoms with van der Waals surface area (Å²) in [5, 5.41) is 7.42. The second kappa shape index (κ2) is 5.68. The maximum absolute atomic E-state index is 12.9. The Kier molecular flexibility index (Phi) is 3.80. The molecule has 0 radical (unpaired) electrons. The molecule has 0 bridgehead atoms. The van der Waals surface area contributed by atoms with Gasteiger partial charge in [-0.2, -0.15) is 0 Å². The van der Waals surface area contributed by atoms with E-state index in [1.54, 1.807) is 0 Å². The maximum atomic E-state index is 12.9. The lowest BCUT2D eigenvalue weighted by Gasteiger charge is -2.24. The summed E-state index contributed by atoms with van der Waals surface area (Å²) >= 11 is 5.80. The van der Waals surface area contributed by atoms with E-state index < -0.39 is 23.3 Å². The fourth-order valence-electron chi connectivity index (χ4n) is 2.79. The van der Waals surface area contributed by atoms with Gasteiger partial charge in [0.25, 0.3) is 5.91 Å². The topological polar surface area (TPSA) is 109 Å². The minimum atomic E-state index is -1.64. The highest BCUT2D eigenvalue weighted by molar-refractivity contribution is 6.39. The molecule has 1 spiro atoms. The van der Waals surface area contributed by atoms with Gasteiger partial charge in [-0.3, -0.25) is 9.59 Å². The number of imide groups is 1. The molecule has 1 atom stereocenters. The van der Waals surface area contributed by atoms with Crippen LogP contribution in [0.2, 0.25) is 5.02 Å². The van der Waals surface area contributed by atoms with E-state index in [9.17, 15) is 19.3 Å². The number of hydrazone groups is 1. The van der Waals surface area contributed by atoms with Gasteiger partial charge in [0.15, 0.2) is 11.3 Å². The average Bonchev–Trinajstić information content (AvgIpc) is 3.06. The Morgan fingerprint density at radius 3 is 2.54 bits per heavy atom. The molecule has 10 heteroatoms. The first-order valence-electron chi connectivity index (χ1n) is 6.85. The zero-order valence-corrected chi connectivity index (χ0v) is 13.2. The van der Waals surface area contributed by atoms with E-state index in [-0.39, 0.29) is 18.6 Å². The third-order valence-corrected chi connectivity index (χ3v) is 4.19. The highest BCUT2D eigenvalue weighted by Gasteiger charge is 2.61. The molecule has 0 aliphatic carbocycles. The van der Waals surface area contributed by atoms with Crippen LogP contribution in [0.25, 0.3) is 0 Å². The molecule has 9 nitrogen and oxygen atoms in total. The maximum Gasteiger partial charge on any atom is 0.354 e. The number of ether oxygens (including phenoxy) is 1. The molecule has 1 aromatic carbocycles. The quantitative estimate of drug-likeness (QED) is 0.461. The lowest BCUT2D eigenvalue weighted by molar-refractivity contribution is -0.132. The molecule has 1 aromatic rings. The first-order valence-corrected chi connectivity index (χ1v) is 7.23. The van der Waals surface area contributed by atoms with Gasteiger partial charge in [-0.15, -0.1) is 15.1 Å². The van der Waals surface area contributed by atoms with Crippen molar-refractivity contribution in [1.29, 1.82) is 0 Å². The first-order chi connectivity index (χ1) is 11.4. The van der Waals surface area contributed by atoms with Crippen molar-refractivity contribution in [2.24, 2.45) is 10.4 Å². The van der Waals surface area contributed by atoms with Gasteiger partial charge in [-0.1, -0.05) is 11.6 Å². The number of hydrogen-bond donors (Lipinski definition) is 0. The van der Waals surface area contributed by atoms with Crippen LogP contribution in [0.5, 0.6) is 0 Å².